The SMILES string of the molecule is C1CCC(CCC2NCCCS2)CC1. The van der Waals surface area contributed by atoms with Crippen LogP contribution in [0.3, 0.4) is 0 Å². The minimum atomic E-state index is 0.783. The standard InChI is InChI=1S/C12H23NS/c1-2-5-11(6-3-1)7-8-12-13-9-4-10-14-12/h11-13H,1-10H2. The Hall–Kier alpha value is 0.310. The van der Waals surface area contributed by atoms with E-state index in [4.69, 9.17) is 0 Å². The fourth-order valence-corrected chi connectivity index (χ4v) is 3.80. The van der Waals surface area contributed by atoms with E-state index in [0.717, 1.165) is 11.3 Å². The molecular formula is C12H23NS. The van der Waals surface area contributed by atoms with Gasteiger partial charge >= 0.3 is 0 Å². The molecule has 1 atom stereocenters. The van der Waals surface area contributed by atoms with E-state index < -0.39 is 0 Å². The van der Waals surface area contributed by atoms with Gasteiger partial charge in [-0.2, -0.15) is 0 Å². The molecule has 1 aliphatic heterocycles. The van der Waals surface area contributed by atoms with Gasteiger partial charge in [-0.3, -0.25) is 0 Å². The first kappa shape index (κ1) is 10.8. The highest BCUT2D eigenvalue weighted by molar-refractivity contribution is 7.99. The van der Waals surface area contributed by atoms with Crippen molar-refractivity contribution in [2.75, 3.05) is 12.3 Å². The first-order chi connectivity index (χ1) is 6.95. The first-order valence-electron chi connectivity index (χ1n) is 6.30. The van der Waals surface area contributed by atoms with Crippen molar-refractivity contribution in [1.29, 1.82) is 0 Å². The largest absolute Gasteiger partial charge is 0.305 e. The third-order valence-corrected chi connectivity index (χ3v) is 4.90. The van der Waals surface area contributed by atoms with Gasteiger partial charge < -0.3 is 5.32 Å². The van der Waals surface area contributed by atoms with Gasteiger partial charge in [-0.15, -0.1) is 11.8 Å². The van der Waals surface area contributed by atoms with Crippen LogP contribution in [-0.4, -0.2) is 17.7 Å². The molecule has 0 spiro atoms. The van der Waals surface area contributed by atoms with Crippen molar-refractivity contribution >= 4 is 11.8 Å². The monoisotopic (exact) mass is 213 g/mol. The smallest absolute Gasteiger partial charge is 0.0532 e. The lowest BCUT2D eigenvalue weighted by molar-refractivity contribution is 0.326. The Balaban J connectivity index is 1.60. The lowest BCUT2D eigenvalue weighted by Gasteiger charge is -2.26. The van der Waals surface area contributed by atoms with E-state index in [2.05, 4.69) is 17.1 Å². The second kappa shape index (κ2) is 6.02. The number of nitrogens with one attached hydrogen (secondary N) is 1. The highest BCUT2D eigenvalue weighted by Gasteiger charge is 2.17. The fraction of sp³-hybridized carbons (Fsp3) is 1.00. The zero-order valence-electron chi connectivity index (χ0n) is 9.13. The van der Waals surface area contributed by atoms with Gasteiger partial charge in [-0.25, -0.2) is 0 Å². The van der Waals surface area contributed by atoms with E-state index in [0.29, 0.717) is 0 Å². The van der Waals surface area contributed by atoms with E-state index >= 15 is 0 Å². The first-order valence-corrected chi connectivity index (χ1v) is 7.35. The molecule has 0 bridgehead atoms. The van der Waals surface area contributed by atoms with Gasteiger partial charge in [-0.05, 0) is 37.5 Å². The molecule has 1 nitrogen and oxygen atoms in total. The molecule has 2 fully saturated rings. The van der Waals surface area contributed by atoms with E-state index in [1.165, 1.54) is 63.7 Å². The maximum absolute atomic E-state index is 3.62. The van der Waals surface area contributed by atoms with Gasteiger partial charge in [-0.1, -0.05) is 32.1 Å². The molecule has 1 aliphatic carbocycles. The molecule has 0 aromatic rings. The van der Waals surface area contributed by atoms with Crippen LogP contribution in [0.15, 0.2) is 0 Å². The van der Waals surface area contributed by atoms with Crippen LogP contribution in [0.4, 0.5) is 0 Å². The van der Waals surface area contributed by atoms with E-state index in [9.17, 15) is 0 Å². The van der Waals surface area contributed by atoms with Crippen molar-refractivity contribution in [1.82, 2.24) is 5.32 Å². The summed E-state index contributed by atoms with van der Waals surface area (Å²) in [4.78, 5) is 0. The molecular weight excluding hydrogens is 190 g/mol. The molecule has 1 unspecified atom stereocenters. The predicted octanol–water partition coefficient (Wildman–Crippen LogP) is 3.40. The summed E-state index contributed by atoms with van der Waals surface area (Å²) in [5.74, 6) is 2.44. The Morgan fingerprint density at radius 3 is 2.57 bits per heavy atom. The van der Waals surface area contributed by atoms with Gasteiger partial charge in [0, 0.05) is 0 Å². The molecule has 1 heterocycles. The molecule has 2 aliphatic rings. The highest BCUT2D eigenvalue weighted by atomic mass is 32.2. The average Bonchev–Trinajstić information content (AvgIpc) is 2.29. The Morgan fingerprint density at radius 1 is 1.00 bits per heavy atom. The molecule has 0 radical (unpaired) electrons. The van der Waals surface area contributed by atoms with Crippen LogP contribution in [0.2, 0.25) is 0 Å². The van der Waals surface area contributed by atoms with Crippen molar-refractivity contribution < 1.29 is 0 Å². The van der Waals surface area contributed by atoms with Crippen LogP contribution in [0, 0.1) is 5.92 Å². The van der Waals surface area contributed by atoms with Gasteiger partial charge in [0.2, 0.25) is 0 Å². The average molecular weight is 213 g/mol. The summed E-state index contributed by atoms with van der Waals surface area (Å²) in [6, 6.07) is 0. The molecule has 0 amide bonds. The highest BCUT2D eigenvalue weighted by Crippen LogP contribution is 2.29. The molecule has 1 saturated carbocycles. The fourth-order valence-electron chi connectivity index (χ4n) is 2.67. The maximum Gasteiger partial charge on any atom is 0.0532 e. The van der Waals surface area contributed by atoms with E-state index in [1.54, 1.807) is 0 Å². The van der Waals surface area contributed by atoms with E-state index in [1.807, 2.05) is 0 Å². The summed E-state index contributed by atoms with van der Waals surface area (Å²) >= 11 is 2.14. The summed E-state index contributed by atoms with van der Waals surface area (Å²) in [7, 11) is 0. The third-order valence-electron chi connectivity index (χ3n) is 3.57. The van der Waals surface area contributed by atoms with Gasteiger partial charge in [0.1, 0.15) is 0 Å². The summed E-state index contributed by atoms with van der Waals surface area (Å²) in [5, 5.41) is 4.40. The van der Waals surface area contributed by atoms with Crippen LogP contribution in [0.25, 0.3) is 0 Å². The number of hydrogen-bond acceptors (Lipinski definition) is 2. The molecule has 82 valence electrons. The quantitative estimate of drug-likeness (QED) is 0.771. The zero-order valence-corrected chi connectivity index (χ0v) is 9.95. The topological polar surface area (TPSA) is 12.0 Å². The second-order valence-electron chi connectivity index (χ2n) is 4.75. The minimum absolute atomic E-state index is 0.783. The van der Waals surface area contributed by atoms with Gasteiger partial charge in [0.05, 0.1) is 5.37 Å². The summed E-state index contributed by atoms with van der Waals surface area (Å²) in [6.45, 7) is 1.25. The van der Waals surface area contributed by atoms with Crippen LogP contribution in [-0.2, 0) is 0 Å². The Labute approximate surface area is 92.4 Å². The van der Waals surface area contributed by atoms with Crippen LogP contribution in [0.1, 0.15) is 51.4 Å². The van der Waals surface area contributed by atoms with Crippen LogP contribution < -0.4 is 5.32 Å². The minimum Gasteiger partial charge on any atom is -0.305 e. The number of thioether (sulfide) groups is 1. The Bertz CT molecular complexity index is 130. The van der Waals surface area contributed by atoms with Crippen LogP contribution >= 0.6 is 11.8 Å². The van der Waals surface area contributed by atoms with Crippen molar-refractivity contribution in [2.24, 2.45) is 5.92 Å². The van der Waals surface area contributed by atoms with Crippen molar-refractivity contribution in [3.05, 3.63) is 0 Å². The Kier molecular flexibility index (Phi) is 4.65. The summed E-state index contributed by atoms with van der Waals surface area (Å²) in [6.07, 6.45) is 11.8. The number of rotatable bonds is 3. The zero-order chi connectivity index (χ0) is 9.64. The lowest BCUT2D eigenvalue weighted by Crippen LogP contribution is -2.32. The van der Waals surface area contributed by atoms with Crippen molar-refractivity contribution in [3.63, 3.8) is 0 Å². The van der Waals surface area contributed by atoms with Crippen LogP contribution in [0.5, 0.6) is 0 Å². The third kappa shape index (κ3) is 3.47. The molecule has 1 N–H and O–H groups in total. The second-order valence-corrected chi connectivity index (χ2v) is 6.06. The van der Waals surface area contributed by atoms with Gasteiger partial charge in [0.25, 0.3) is 0 Å². The molecule has 0 aromatic heterocycles. The Morgan fingerprint density at radius 2 is 1.86 bits per heavy atom. The van der Waals surface area contributed by atoms with Crippen molar-refractivity contribution in [2.45, 2.75) is 56.7 Å². The molecule has 2 heteroatoms. The lowest BCUT2D eigenvalue weighted by atomic mass is 9.86. The summed E-state index contributed by atoms with van der Waals surface area (Å²) in [5.41, 5.74) is 0. The van der Waals surface area contributed by atoms with Gasteiger partial charge in [0.15, 0.2) is 0 Å². The van der Waals surface area contributed by atoms with E-state index in [-0.39, 0.29) is 0 Å². The normalized spacial score (nSPS) is 30.4. The maximum atomic E-state index is 3.62. The summed E-state index contributed by atoms with van der Waals surface area (Å²) < 4.78 is 0. The number of hydrogen-bond donors (Lipinski definition) is 1. The molecule has 1 saturated heterocycles. The predicted molar refractivity (Wildman–Crippen MR) is 64.7 cm³/mol. The molecule has 14 heavy (non-hydrogen) atoms. The molecule has 0 aromatic carbocycles. The molecule has 2 rings (SSSR count). The van der Waals surface area contributed by atoms with Crippen molar-refractivity contribution in [3.8, 4) is 0 Å².